The molecule has 2 N–H and O–H groups in total. The Morgan fingerprint density at radius 2 is 2.27 bits per heavy atom. The summed E-state index contributed by atoms with van der Waals surface area (Å²) in [5.41, 5.74) is 0. The number of hydrogen-bond donors (Lipinski definition) is 2. The lowest BCUT2D eigenvalue weighted by atomic mass is 10.1. The quantitative estimate of drug-likeness (QED) is 0.822. The minimum absolute atomic E-state index is 0.148. The van der Waals surface area contributed by atoms with Crippen LogP contribution in [0.1, 0.15) is 50.1 Å². The molecule has 1 aliphatic rings. The van der Waals surface area contributed by atoms with E-state index in [1.54, 1.807) is 13.0 Å². The van der Waals surface area contributed by atoms with Crippen LogP contribution < -0.4 is 5.32 Å². The Morgan fingerprint density at radius 3 is 2.95 bits per heavy atom. The largest absolute Gasteiger partial charge is 0.360 e. The first-order valence-corrected chi connectivity index (χ1v) is 8.33. The minimum atomic E-state index is -0.316. The van der Waals surface area contributed by atoms with E-state index in [2.05, 4.69) is 25.7 Å². The van der Waals surface area contributed by atoms with Crippen LogP contribution in [0.2, 0.25) is 0 Å². The molecule has 22 heavy (non-hydrogen) atoms. The molecule has 0 spiro atoms. The zero-order valence-electron chi connectivity index (χ0n) is 12.6. The fourth-order valence-electron chi connectivity index (χ4n) is 2.56. The molecule has 1 aliphatic carbocycles. The molecule has 7 nitrogen and oxygen atoms in total. The number of aryl methyl sites for hydroxylation is 1. The highest BCUT2D eigenvalue weighted by molar-refractivity contribution is 8.00. The molecule has 1 unspecified atom stereocenters. The van der Waals surface area contributed by atoms with E-state index in [0.717, 1.165) is 5.82 Å². The van der Waals surface area contributed by atoms with Gasteiger partial charge < -0.3 is 9.84 Å². The monoisotopic (exact) mass is 321 g/mol. The van der Waals surface area contributed by atoms with Gasteiger partial charge in [-0.05, 0) is 26.7 Å². The summed E-state index contributed by atoms with van der Waals surface area (Å²) in [6, 6.07) is 1.68. The Labute approximate surface area is 132 Å². The van der Waals surface area contributed by atoms with Gasteiger partial charge in [-0.1, -0.05) is 29.8 Å². The van der Waals surface area contributed by atoms with Gasteiger partial charge in [-0.3, -0.25) is 9.89 Å². The van der Waals surface area contributed by atoms with Gasteiger partial charge in [-0.2, -0.15) is 0 Å². The fourth-order valence-corrected chi connectivity index (χ4v) is 3.29. The SMILES string of the molecule is Cc1cc(NC(=O)C(C)Sc2n[nH]c(C3CCCC3)n2)no1. The van der Waals surface area contributed by atoms with Gasteiger partial charge in [-0.25, -0.2) is 4.98 Å². The molecule has 2 aromatic rings. The lowest BCUT2D eigenvalue weighted by molar-refractivity contribution is -0.115. The summed E-state index contributed by atoms with van der Waals surface area (Å²) in [4.78, 5) is 16.6. The predicted octanol–water partition coefficient (Wildman–Crippen LogP) is 2.88. The normalized spacial score (nSPS) is 16.8. The van der Waals surface area contributed by atoms with Crippen molar-refractivity contribution in [3.8, 4) is 0 Å². The number of aromatic nitrogens is 4. The van der Waals surface area contributed by atoms with Crippen LogP contribution in [0.25, 0.3) is 0 Å². The van der Waals surface area contributed by atoms with E-state index >= 15 is 0 Å². The zero-order valence-corrected chi connectivity index (χ0v) is 13.4. The van der Waals surface area contributed by atoms with Crippen molar-refractivity contribution < 1.29 is 9.32 Å². The van der Waals surface area contributed by atoms with Gasteiger partial charge in [0.15, 0.2) is 5.82 Å². The summed E-state index contributed by atoms with van der Waals surface area (Å²) in [5, 5.41) is 14.0. The number of carbonyl (C=O) groups excluding carboxylic acids is 1. The van der Waals surface area contributed by atoms with Crippen LogP contribution in [0.5, 0.6) is 0 Å². The van der Waals surface area contributed by atoms with Crippen molar-refractivity contribution in [1.82, 2.24) is 20.3 Å². The Kier molecular flexibility index (Phi) is 4.47. The van der Waals surface area contributed by atoms with Crippen LogP contribution in [0.4, 0.5) is 5.82 Å². The number of thioether (sulfide) groups is 1. The maximum absolute atomic E-state index is 12.1. The minimum Gasteiger partial charge on any atom is -0.360 e. The highest BCUT2D eigenvalue weighted by Gasteiger charge is 2.23. The van der Waals surface area contributed by atoms with Crippen molar-refractivity contribution in [2.75, 3.05) is 5.32 Å². The molecule has 2 heterocycles. The molecule has 0 radical (unpaired) electrons. The lowest BCUT2D eigenvalue weighted by Gasteiger charge is -2.07. The maximum Gasteiger partial charge on any atom is 0.238 e. The first-order chi connectivity index (χ1) is 10.6. The molecule has 0 aromatic carbocycles. The van der Waals surface area contributed by atoms with E-state index < -0.39 is 0 Å². The molecule has 118 valence electrons. The van der Waals surface area contributed by atoms with E-state index in [0.29, 0.717) is 22.7 Å². The van der Waals surface area contributed by atoms with Gasteiger partial charge in [0.25, 0.3) is 0 Å². The van der Waals surface area contributed by atoms with Crippen molar-refractivity contribution in [1.29, 1.82) is 0 Å². The third-order valence-electron chi connectivity index (χ3n) is 3.75. The fraction of sp³-hybridized carbons (Fsp3) is 0.571. The van der Waals surface area contributed by atoms with Gasteiger partial charge in [-0.15, -0.1) is 5.10 Å². The van der Waals surface area contributed by atoms with Crippen LogP contribution in [0.15, 0.2) is 15.7 Å². The molecule has 1 fully saturated rings. The van der Waals surface area contributed by atoms with Crippen LogP contribution in [-0.4, -0.2) is 31.5 Å². The molecule has 0 aliphatic heterocycles. The molecule has 0 bridgehead atoms. The van der Waals surface area contributed by atoms with Crippen LogP contribution in [0.3, 0.4) is 0 Å². The standard InChI is InChI=1S/C14H19N5O2S/c1-8-7-11(19-21-8)15-13(20)9(2)22-14-16-12(17-18-14)10-5-3-4-6-10/h7,9-10H,3-6H2,1-2H3,(H,15,19,20)(H,16,17,18). The Morgan fingerprint density at radius 1 is 1.50 bits per heavy atom. The smallest absolute Gasteiger partial charge is 0.238 e. The number of anilines is 1. The number of rotatable bonds is 5. The highest BCUT2D eigenvalue weighted by Crippen LogP contribution is 2.33. The first-order valence-electron chi connectivity index (χ1n) is 7.45. The van der Waals surface area contributed by atoms with Gasteiger partial charge in [0.2, 0.25) is 11.1 Å². The van der Waals surface area contributed by atoms with Crippen molar-refractivity contribution in [3.05, 3.63) is 17.7 Å². The van der Waals surface area contributed by atoms with E-state index in [1.807, 2.05) is 6.92 Å². The summed E-state index contributed by atoms with van der Waals surface area (Å²) in [6.45, 7) is 3.59. The van der Waals surface area contributed by atoms with E-state index in [1.165, 1.54) is 37.4 Å². The third-order valence-corrected chi connectivity index (χ3v) is 4.72. The molecule has 8 heteroatoms. The van der Waals surface area contributed by atoms with Crippen molar-refractivity contribution in [3.63, 3.8) is 0 Å². The average Bonchev–Trinajstić information content (AvgIpc) is 3.20. The summed E-state index contributed by atoms with van der Waals surface area (Å²) >= 11 is 1.33. The van der Waals surface area contributed by atoms with Crippen molar-refractivity contribution >= 4 is 23.5 Å². The molecular formula is C14H19N5O2S. The number of nitrogens with one attached hydrogen (secondary N) is 2. The summed E-state index contributed by atoms with van der Waals surface area (Å²) in [7, 11) is 0. The highest BCUT2D eigenvalue weighted by atomic mass is 32.2. The second-order valence-electron chi connectivity index (χ2n) is 5.56. The lowest BCUT2D eigenvalue weighted by Crippen LogP contribution is -2.22. The summed E-state index contributed by atoms with van der Waals surface area (Å²) in [5.74, 6) is 2.37. The number of hydrogen-bond acceptors (Lipinski definition) is 6. The molecule has 1 atom stereocenters. The second-order valence-corrected chi connectivity index (χ2v) is 6.86. The topological polar surface area (TPSA) is 96.7 Å². The van der Waals surface area contributed by atoms with Crippen molar-refractivity contribution in [2.24, 2.45) is 0 Å². The number of amides is 1. The molecule has 0 saturated heterocycles. The summed E-state index contributed by atoms with van der Waals surface area (Å²) in [6.07, 6.45) is 4.84. The Balaban J connectivity index is 1.56. The van der Waals surface area contributed by atoms with E-state index in [-0.39, 0.29) is 11.2 Å². The number of aromatic amines is 1. The van der Waals surface area contributed by atoms with E-state index in [9.17, 15) is 4.79 Å². The third kappa shape index (κ3) is 3.49. The molecule has 1 saturated carbocycles. The average molecular weight is 321 g/mol. The molecule has 1 amide bonds. The van der Waals surface area contributed by atoms with Gasteiger partial charge in [0, 0.05) is 12.0 Å². The summed E-state index contributed by atoms with van der Waals surface area (Å²) < 4.78 is 4.92. The second kappa shape index (κ2) is 6.51. The van der Waals surface area contributed by atoms with Crippen molar-refractivity contribution in [2.45, 2.75) is 55.9 Å². The van der Waals surface area contributed by atoms with E-state index in [4.69, 9.17) is 4.52 Å². The maximum atomic E-state index is 12.1. The molecule has 3 rings (SSSR count). The zero-order chi connectivity index (χ0) is 15.5. The van der Waals surface area contributed by atoms with Gasteiger partial charge >= 0.3 is 0 Å². The van der Waals surface area contributed by atoms with Gasteiger partial charge in [0.1, 0.15) is 11.6 Å². The number of nitrogens with zero attached hydrogens (tertiary/aromatic N) is 3. The van der Waals surface area contributed by atoms with Gasteiger partial charge in [0.05, 0.1) is 5.25 Å². The number of carbonyl (C=O) groups is 1. The Hall–Kier alpha value is -1.83. The van der Waals surface area contributed by atoms with Crippen LogP contribution in [0, 0.1) is 6.92 Å². The molecule has 2 aromatic heterocycles. The first kappa shape index (κ1) is 15.1. The molecular weight excluding hydrogens is 302 g/mol. The Bertz CT molecular complexity index is 647. The predicted molar refractivity (Wildman–Crippen MR) is 82.8 cm³/mol. The van der Waals surface area contributed by atoms with Crippen LogP contribution >= 0.6 is 11.8 Å². The van der Waals surface area contributed by atoms with Crippen LogP contribution in [-0.2, 0) is 4.79 Å². The number of H-pyrrole nitrogens is 1.